The number of fused-ring (bicyclic) bond motifs is 1. The Balaban J connectivity index is 1.73. The van der Waals surface area contributed by atoms with Crippen LogP contribution in [0.4, 0.5) is 5.69 Å². The Kier molecular flexibility index (Phi) is 4.38. The van der Waals surface area contributed by atoms with E-state index < -0.39 is 12.1 Å². The zero-order valence-corrected chi connectivity index (χ0v) is 14.2. The number of aryl methyl sites for hydroxylation is 1. The molecule has 4 nitrogen and oxygen atoms in total. The maximum absolute atomic E-state index is 12.7. The number of rotatable bonds is 3. The number of nitrogens with zero attached hydrogens (tertiary/aromatic N) is 1. The monoisotopic (exact) mass is 323 g/mol. The fourth-order valence-corrected chi connectivity index (χ4v) is 3.03. The highest BCUT2D eigenvalue weighted by Gasteiger charge is 2.30. The molecule has 0 bridgehead atoms. The first-order chi connectivity index (χ1) is 11.5. The average Bonchev–Trinajstić information content (AvgIpc) is 3.00. The van der Waals surface area contributed by atoms with Crippen LogP contribution in [0.25, 0.3) is 0 Å². The third-order valence-electron chi connectivity index (χ3n) is 4.61. The first-order valence-electron chi connectivity index (χ1n) is 8.15. The van der Waals surface area contributed by atoms with Crippen molar-refractivity contribution in [1.82, 2.24) is 0 Å². The van der Waals surface area contributed by atoms with Crippen molar-refractivity contribution in [1.29, 1.82) is 0 Å². The van der Waals surface area contributed by atoms with Crippen molar-refractivity contribution in [2.75, 3.05) is 11.4 Å². The Morgan fingerprint density at radius 2 is 1.83 bits per heavy atom. The number of hydrogen-bond donors (Lipinski definition) is 0. The highest BCUT2D eigenvalue weighted by molar-refractivity contribution is 6.00. The minimum absolute atomic E-state index is 0.182. The van der Waals surface area contributed by atoms with E-state index >= 15 is 0 Å². The van der Waals surface area contributed by atoms with Crippen LogP contribution in [0.3, 0.4) is 0 Å². The summed E-state index contributed by atoms with van der Waals surface area (Å²) in [6.45, 7) is 6.09. The number of ether oxygens (including phenoxy) is 1. The number of anilines is 1. The molecule has 1 amide bonds. The van der Waals surface area contributed by atoms with Gasteiger partial charge in [-0.05, 0) is 56.0 Å². The summed E-state index contributed by atoms with van der Waals surface area (Å²) in [5.41, 5.74) is 4.48. The first-order valence-corrected chi connectivity index (χ1v) is 8.15. The van der Waals surface area contributed by atoms with Gasteiger partial charge < -0.3 is 9.64 Å². The maximum atomic E-state index is 12.7. The summed E-state index contributed by atoms with van der Waals surface area (Å²) in [6, 6.07) is 13.3. The van der Waals surface area contributed by atoms with Crippen molar-refractivity contribution in [3.63, 3.8) is 0 Å². The Morgan fingerprint density at radius 3 is 2.62 bits per heavy atom. The summed E-state index contributed by atoms with van der Waals surface area (Å²) in [5, 5.41) is 0. The average molecular weight is 323 g/mol. The zero-order valence-electron chi connectivity index (χ0n) is 14.2. The molecule has 0 aliphatic carbocycles. The summed E-state index contributed by atoms with van der Waals surface area (Å²) < 4.78 is 5.43. The van der Waals surface area contributed by atoms with E-state index in [-0.39, 0.29) is 5.91 Å². The molecule has 0 aromatic heterocycles. The number of para-hydroxylation sites is 1. The van der Waals surface area contributed by atoms with E-state index in [1.54, 1.807) is 17.9 Å². The second-order valence-corrected chi connectivity index (χ2v) is 6.16. The molecule has 0 fully saturated rings. The third kappa shape index (κ3) is 2.92. The van der Waals surface area contributed by atoms with Crippen molar-refractivity contribution >= 4 is 17.6 Å². The first kappa shape index (κ1) is 16.2. The zero-order chi connectivity index (χ0) is 17.3. The van der Waals surface area contributed by atoms with Crippen LogP contribution in [0, 0.1) is 13.8 Å². The third-order valence-corrected chi connectivity index (χ3v) is 4.61. The lowest BCUT2D eigenvalue weighted by molar-refractivity contribution is -0.126. The summed E-state index contributed by atoms with van der Waals surface area (Å²) in [7, 11) is 0. The molecular weight excluding hydrogens is 302 g/mol. The number of carbonyl (C=O) groups is 2. The molecule has 24 heavy (non-hydrogen) atoms. The van der Waals surface area contributed by atoms with E-state index in [4.69, 9.17) is 4.74 Å². The molecule has 0 unspecified atom stereocenters. The molecule has 124 valence electrons. The normalized spacial score (nSPS) is 14.2. The summed E-state index contributed by atoms with van der Waals surface area (Å²) >= 11 is 0. The minimum Gasteiger partial charge on any atom is -0.449 e. The molecule has 1 aliphatic rings. The van der Waals surface area contributed by atoms with E-state index in [2.05, 4.69) is 0 Å². The lowest BCUT2D eigenvalue weighted by atomic mass is 10.0. The van der Waals surface area contributed by atoms with Crippen LogP contribution in [-0.4, -0.2) is 24.5 Å². The Labute approximate surface area is 142 Å². The highest BCUT2D eigenvalue weighted by Crippen LogP contribution is 2.28. The largest absolute Gasteiger partial charge is 0.449 e. The van der Waals surface area contributed by atoms with Gasteiger partial charge in [-0.2, -0.15) is 0 Å². The molecule has 0 saturated heterocycles. The van der Waals surface area contributed by atoms with Gasteiger partial charge in [-0.1, -0.05) is 30.3 Å². The SMILES string of the molecule is Cc1cccc(C(=O)O[C@H](C)C(=O)N2CCc3ccccc32)c1C. The van der Waals surface area contributed by atoms with E-state index in [0.29, 0.717) is 12.1 Å². The molecule has 4 heteroatoms. The molecule has 0 saturated carbocycles. The van der Waals surface area contributed by atoms with Gasteiger partial charge in [-0.15, -0.1) is 0 Å². The fourth-order valence-electron chi connectivity index (χ4n) is 3.03. The van der Waals surface area contributed by atoms with Crippen LogP contribution in [-0.2, 0) is 16.0 Å². The van der Waals surface area contributed by atoms with Crippen molar-refractivity contribution in [2.24, 2.45) is 0 Å². The highest BCUT2D eigenvalue weighted by atomic mass is 16.5. The standard InChI is InChI=1S/C20H21NO3/c1-13-7-6-9-17(14(13)2)20(23)24-15(3)19(22)21-12-11-16-8-4-5-10-18(16)21/h4-10,15H,11-12H2,1-3H3/t15-/m1/s1. The van der Waals surface area contributed by atoms with Gasteiger partial charge in [0.1, 0.15) is 0 Å². The van der Waals surface area contributed by atoms with Gasteiger partial charge in [0.15, 0.2) is 6.10 Å². The van der Waals surface area contributed by atoms with Gasteiger partial charge in [0.2, 0.25) is 0 Å². The molecule has 2 aromatic carbocycles. The van der Waals surface area contributed by atoms with Crippen LogP contribution in [0.1, 0.15) is 34.0 Å². The maximum Gasteiger partial charge on any atom is 0.339 e. The topological polar surface area (TPSA) is 46.6 Å². The van der Waals surface area contributed by atoms with Crippen LogP contribution in [0.5, 0.6) is 0 Å². The lowest BCUT2D eigenvalue weighted by Crippen LogP contribution is -2.39. The van der Waals surface area contributed by atoms with Crippen LogP contribution < -0.4 is 4.90 Å². The van der Waals surface area contributed by atoms with Gasteiger partial charge in [0, 0.05) is 12.2 Å². The number of hydrogen-bond acceptors (Lipinski definition) is 3. The number of esters is 1. The van der Waals surface area contributed by atoms with Gasteiger partial charge in [0.05, 0.1) is 5.56 Å². The number of amides is 1. The molecule has 2 aromatic rings. The molecule has 1 aliphatic heterocycles. The van der Waals surface area contributed by atoms with Crippen molar-refractivity contribution in [3.05, 3.63) is 64.7 Å². The van der Waals surface area contributed by atoms with Crippen molar-refractivity contribution < 1.29 is 14.3 Å². The molecule has 0 spiro atoms. The van der Waals surface area contributed by atoms with Gasteiger partial charge in [0.25, 0.3) is 5.91 Å². The Bertz CT molecular complexity index is 797. The number of benzene rings is 2. The predicted octanol–water partition coefficient (Wildman–Crippen LogP) is 3.44. The summed E-state index contributed by atoms with van der Waals surface area (Å²) in [4.78, 5) is 26.8. The summed E-state index contributed by atoms with van der Waals surface area (Å²) in [5.74, 6) is -0.636. The smallest absolute Gasteiger partial charge is 0.339 e. The Hall–Kier alpha value is -2.62. The molecule has 0 N–H and O–H groups in total. The number of carbonyl (C=O) groups excluding carboxylic acids is 2. The molecule has 3 rings (SSSR count). The van der Waals surface area contributed by atoms with Gasteiger partial charge >= 0.3 is 5.97 Å². The van der Waals surface area contributed by atoms with Crippen molar-refractivity contribution in [2.45, 2.75) is 33.3 Å². The van der Waals surface area contributed by atoms with E-state index in [1.165, 1.54) is 0 Å². The summed E-state index contributed by atoms with van der Waals surface area (Å²) in [6.07, 6.45) is 0.0168. The second kappa shape index (κ2) is 6.48. The van der Waals surface area contributed by atoms with Gasteiger partial charge in [-0.3, -0.25) is 4.79 Å². The van der Waals surface area contributed by atoms with Crippen LogP contribution in [0.2, 0.25) is 0 Å². The van der Waals surface area contributed by atoms with E-state index in [0.717, 1.165) is 28.8 Å². The van der Waals surface area contributed by atoms with E-state index in [9.17, 15) is 9.59 Å². The minimum atomic E-state index is -0.816. The van der Waals surface area contributed by atoms with Crippen molar-refractivity contribution in [3.8, 4) is 0 Å². The predicted molar refractivity (Wildman–Crippen MR) is 93.3 cm³/mol. The molecular formula is C20H21NO3. The van der Waals surface area contributed by atoms with E-state index in [1.807, 2.05) is 50.2 Å². The molecule has 0 radical (unpaired) electrons. The molecule has 1 atom stereocenters. The fraction of sp³-hybridized carbons (Fsp3) is 0.300. The molecule has 1 heterocycles. The second-order valence-electron chi connectivity index (χ2n) is 6.16. The Morgan fingerprint density at radius 1 is 1.08 bits per heavy atom. The quantitative estimate of drug-likeness (QED) is 0.813. The van der Waals surface area contributed by atoms with Crippen LogP contribution >= 0.6 is 0 Å². The van der Waals surface area contributed by atoms with Crippen LogP contribution in [0.15, 0.2) is 42.5 Å². The lowest BCUT2D eigenvalue weighted by Gasteiger charge is -2.22. The van der Waals surface area contributed by atoms with Gasteiger partial charge in [-0.25, -0.2) is 4.79 Å².